The van der Waals surface area contributed by atoms with Crippen LogP contribution in [0.25, 0.3) is 5.52 Å². The number of carbonyl (C=O) groups excluding carboxylic acids is 1. The minimum Gasteiger partial charge on any atom is -0.459 e. The molecule has 3 heterocycles. The molecule has 3 rings (SSSR count). The average molecular weight is 490 g/mol. The van der Waals surface area contributed by atoms with Gasteiger partial charge in [-0.3, -0.25) is 9.80 Å². The number of carbonyl (C=O) groups is 1. The molecule has 1 fully saturated rings. The molecule has 2 aromatic rings. The lowest BCUT2D eigenvalue weighted by Crippen LogP contribution is -2.49. The van der Waals surface area contributed by atoms with Gasteiger partial charge in [0, 0.05) is 48.6 Å². The summed E-state index contributed by atoms with van der Waals surface area (Å²) < 4.78 is 46.4. The Morgan fingerprint density at radius 3 is 2.40 bits per heavy atom. The Balaban J connectivity index is 1.91. The lowest BCUT2D eigenvalue weighted by molar-refractivity contribution is -0.149. The van der Waals surface area contributed by atoms with Crippen LogP contribution < -0.4 is 0 Å². The highest BCUT2D eigenvalue weighted by molar-refractivity contribution is 9.10. The quantitative estimate of drug-likeness (QED) is 0.564. The van der Waals surface area contributed by atoms with Gasteiger partial charge in [-0.1, -0.05) is 0 Å². The maximum absolute atomic E-state index is 12.7. The number of fused-ring (bicyclic) bond motifs is 1. The van der Waals surface area contributed by atoms with Crippen molar-refractivity contribution < 1.29 is 22.7 Å². The molecule has 0 aromatic carbocycles. The van der Waals surface area contributed by atoms with E-state index in [2.05, 4.69) is 20.8 Å². The van der Waals surface area contributed by atoms with E-state index in [1.807, 2.05) is 50.4 Å². The third kappa shape index (κ3) is 5.00. The smallest absolute Gasteiger partial charge is 0.401 e. The molecular weight excluding hydrogens is 463 g/mol. The molecule has 0 amide bonds. The van der Waals surface area contributed by atoms with Crippen molar-refractivity contribution in [3.05, 3.63) is 39.6 Å². The summed E-state index contributed by atoms with van der Waals surface area (Å²) in [5.41, 5.74) is 3.13. The van der Waals surface area contributed by atoms with E-state index in [9.17, 15) is 18.0 Å². The zero-order chi connectivity index (χ0) is 22.2. The van der Waals surface area contributed by atoms with E-state index in [4.69, 9.17) is 4.74 Å². The Hall–Kier alpha value is -1.58. The molecule has 1 aliphatic heterocycles. The molecule has 0 bridgehead atoms. The normalized spacial score (nSPS) is 17.6. The highest BCUT2D eigenvalue weighted by Crippen LogP contribution is 2.32. The summed E-state index contributed by atoms with van der Waals surface area (Å²) in [6.45, 7) is 8.45. The first-order chi connectivity index (χ1) is 14.0. The fourth-order valence-electron chi connectivity index (χ4n) is 4.07. The molecule has 1 aliphatic rings. The van der Waals surface area contributed by atoms with E-state index < -0.39 is 12.7 Å². The number of alkyl halides is 3. The SMILES string of the molecule is Cc1c(C(=O)OC(C)C)cc2c(Br)ccn2c1C(C)N1CCN(CC(F)(F)F)CC1. The summed E-state index contributed by atoms with van der Waals surface area (Å²) in [4.78, 5) is 16.3. The maximum atomic E-state index is 12.7. The van der Waals surface area contributed by atoms with E-state index in [-0.39, 0.29) is 18.1 Å². The van der Waals surface area contributed by atoms with Gasteiger partial charge in [-0.15, -0.1) is 0 Å². The van der Waals surface area contributed by atoms with Crippen molar-refractivity contribution in [1.29, 1.82) is 0 Å². The van der Waals surface area contributed by atoms with E-state index in [1.54, 1.807) is 0 Å². The van der Waals surface area contributed by atoms with Crippen molar-refractivity contribution in [3.8, 4) is 0 Å². The predicted octanol–water partition coefficient (Wildman–Crippen LogP) is 4.82. The Morgan fingerprint density at radius 2 is 1.83 bits per heavy atom. The zero-order valence-corrected chi connectivity index (χ0v) is 19.2. The number of aromatic nitrogens is 1. The summed E-state index contributed by atoms with van der Waals surface area (Å²) in [5, 5.41) is 0. The monoisotopic (exact) mass is 489 g/mol. The number of nitrogens with zero attached hydrogens (tertiary/aromatic N) is 3. The van der Waals surface area contributed by atoms with Crippen molar-refractivity contribution in [3.63, 3.8) is 0 Å². The van der Waals surface area contributed by atoms with Crippen molar-refractivity contribution in [1.82, 2.24) is 14.2 Å². The number of esters is 1. The topological polar surface area (TPSA) is 37.2 Å². The molecule has 0 aliphatic carbocycles. The molecule has 2 aromatic heterocycles. The van der Waals surface area contributed by atoms with Gasteiger partial charge in [-0.05, 0) is 61.3 Å². The number of halogens is 4. The van der Waals surface area contributed by atoms with Crippen LogP contribution in [-0.4, -0.2) is 65.2 Å². The van der Waals surface area contributed by atoms with E-state index >= 15 is 0 Å². The van der Waals surface area contributed by atoms with Gasteiger partial charge in [0.15, 0.2) is 0 Å². The Bertz CT molecular complexity index is 918. The molecule has 0 radical (unpaired) electrons. The van der Waals surface area contributed by atoms with Crippen LogP contribution in [-0.2, 0) is 4.74 Å². The van der Waals surface area contributed by atoms with Gasteiger partial charge in [0.2, 0.25) is 0 Å². The molecule has 0 spiro atoms. The minimum atomic E-state index is -4.18. The van der Waals surface area contributed by atoms with Crippen molar-refractivity contribution >= 4 is 27.4 Å². The second kappa shape index (κ2) is 8.88. The van der Waals surface area contributed by atoms with E-state index in [0.717, 1.165) is 21.2 Å². The van der Waals surface area contributed by atoms with Gasteiger partial charge in [0.25, 0.3) is 0 Å². The van der Waals surface area contributed by atoms with Gasteiger partial charge >= 0.3 is 12.1 Å². The number of ether oxygens (including phenoxy) is 1. The second-order valence-electron chi connectivity index (χ2n) is 8.04. The molecular formula is C21H27BrF3N3O2. The van der Waals surface area contributed by atoms with Crippen LogP contribution in [0.5, 0.6) is 0 Å². The van der Waals surface area contributed by atoms with Gasteiger partial charge < -0.3 is 9.14 Å². The van der Waals surface area contributed by atoms with Gasteiger partial charge in [0.05, 0.1) is 23.7 Å². The van der Waals surface area contributed by atoms with Crippen LogP contribution in [0.2, 0.25) is 0 Å². The Morgan fingerprint density at radius 1 is 1.20 bits per heavy atom. The fraction of sp³-hybridized carbons (Fsp3) is 0.571. The number of pyridine rings is 1. The van der Waals surface area contributed by atoms with Crippen LogP contribution in [0.1, 0.15) is 48.4 Å². The lowest BCUT2D eigenvalue weighted by Gasteiger charge is -2.39. The summed E-state index contributed by atoms with van der Waals surface area (Å²) in [6, 6.07) is 3.66. The summed E-state index contributed by atoms with van der Waals surface area (Å²) in [5.74, 6) is -0.374. The molecule has 9 heteroatoms. The van der Waals surface area contributed by atoms with Crippen molar-refractivity contribution in [2.75, 3.05) is 32.7 Å². The Kier molecular flexibility index (Phi) is 6.84. The van der Waals surface area contributed by atoms with Crippen LogP contribution >= 0.6 is 15.9 Å². The molecule has 166 valence electrons. The average Bonchev–Trinajstić information content (AvgIpc) is 3.00. The third-order valence-electron chi connectivity index (χ3n) is 5.52. The van der Waals surface area contributed by atoms with Crippen LogP contribution in [0.3, 0.4) is 0 Å². The second-order valence-corrected chi connectivity index (χ2v) is 8.90. The van der Waals surface area contributed by atoms with E-state index in [0.29, 0.717) is 31.7 Å². The highest BCUT2D eigenvalue weighted by Gasteiger charge is 2.33. The standard InChI is InChI=1S/C21H27BrF3N3O2/c1-13(2)30-20(29)16-11-18-17(22)5-6-28(18)19(14(16)3)15(4)27-9-7-26(8-10-27)12-21(23,24)25/h5-6,11,13,15H,7-10,12H2,1-4H3. The lowest BCUT2D eigenvalue weighted by atomic mass is 10.0. The van der Waals surface area contributed by atoms with Crippen molar-refractivity contribution in [2.45, 2.75) is 46.0 Å². The number of hydrogen-bond donors (Lipinski definition) is 0. The third-order valence-corrected chi connectivity index (χ3v) is 6.19. The number of piperazine rings is 1. The van der Waals surface area contributed by atoms with Crippen molar-refractivity contribution in [2.24, 2.45) is 0 Å². The highest BCUT2D eigenvalue weighted by atomic mass is 79.9. The zero-order valence-electron chi connectivity index (χ0n) is 17.6. The van der Waals surface area contributed by atoms with E-state index in [1.165, 1.54) is 4.90 Å². The summed E-state index contributed by atoms with van der Waals surface area (Å²) in [7, 11) is 0. The summed E-state index contributed by atoms with van der Waals surface area (Å²) >= 11 is 3.54. The first-order valence-corrected chi connectivity index (χ1v) is 10.8. The molecule has 30 heavy (non-hydrogen) atoms. The first kappa shape index (κ1) is 23.1. The molecule has 1 unspecified atom stereocenters. The maximum Gasteiger partial charge on any atom is 0.401 e. The van der Waals surface area contributed by atoms with Crippen LogP contribution in [0.15, 0.2) is 22.8 Å². The van der Waals surface area contributed by atoms with Crippen LogP contribution in [0.4, 0.5) is 13.2 Å². The minimum absolute atomic E-state index is 0.0772. The first-order valence-electron chi connectivity index (χ1n) is 10.0. The van der Waals surface area contributed by atoms with Gasteiger partial charge in [-0.25, -0.2) is 4.79 Å². The van der Waals surface area contributed by atoms with Gasteiger partial charge in [-0.2, -0.15) is 13.2 Å². The number of rotatable bonds is 5. The molecule has 1 saturated heterocycles. The Labute approximate surface area is 182 Å². The molecule has 0 saturated carbocycles. The van der Waals surface area contributed by atoms with Gasteiger partial charge in [0.1, 0.15) is 0 Å². The summed E-state index contributed by atoms with van der Waals surface area (Å²) in [6.07, 6.45) is -2.47. The predicted molar refractivity (Wildman–Crippen MR) is 113 cm³/mol. The molecule has 5 nitrogen and oxygen atoms in total. The molecule has 0 N–H and O–H groups in total. The van der Waals surface area contributed by atoms with Crippen LogP contribution in [0, 0.1) is 6.92 Å². The largest absolute Gasteiger partial charge is 0.459 e. The number of hydrogen-bond acceptors (Lipinski definition) is 4. The molecule has 1 atom stereocenters. The fourth-order valence-corrected chi connectivity index (χ4v) is 4.50.